The molecule has 0 saturated heterocycles. The first-order valence-electron chi connectivity index (χ1n) is 7.41. The highest BCUT2D eigenvalue weighted by atomic mass is 19.1. The molecule has 0 aliphatic heterocycles. The Balaban J connectivity index is 2.79. The zero-order chi connectivity index (χ0) is 15.9. The quantitative estimate of drug-likeness (QED) is 0.774. The predicted octanol–water partition coefficient (Wildman–Crippen LogP) is 3.13. The lowest BCUT2D eigenvalue weighted by Crippen LogP contribution is -2.45. The Morgan fingerprint density at radius 3 is 2.38 bits per heavy atom. The Morgan fingerprint density at radius 2 is 1.86 bits per heavy atom. The van der Waals surface area contributed by atoms with Crippen molar-refractivity contribution in [1.82, 2.24) is 5.32 Å². The van der Waals surface area contributed by atoms with Crippen LogP contribution in [-0.4, -0.2) is 12.5 Å². The van der Waals surface area contributed by atoms with Crippen molar-refractivity contribution >= 4 is 5.91 Å². The molecule has 5 heteroatoms. The van der Waals surface area contributed by atoms with Gasteiger partial charge in [0.05, 0.1) is 5.41 Å². The van der Waals surface area contributed by atoms with E-state index in [4.69, 9.17) is 5.73 Å². The van der Waals surface area contributed by atoms with Crippen molar-refractivity contribution in [2.45, 2.75) is 46.1 Å². The van der Waals surface area contributed by atoms with Gasteiger partial charge < -0.3 is 11.1 Å². The zero-order valence-electron chi connectivity index (χ0n) is 12.7. The maximum atomic E-state index is 13.6. The van der Waals surface area contributed by atoms with E-state index in [2.05, 4.69) is 5.32 Å². The molecule has 3 nitrogen and oxygen atoms in total. The molecule has 0 bridgehead atoms. The molecule has 0 atom stereocenters. The summed E-state index contributed by atoms with van der Waals surface area (Å²) in [4.78, 5) is 12.4. The minimum absolute atomic E-state index is 0.0302. The van der Waals surface area contributed by atoms with Crippen molar-refractivity contribution in [3.63, 3.8) is 0 Å². The molecular weight excluding hydrogens is 274 g/mol. The van der Waals surface area contributed by atoms with Crippen LogP contribution >= 0.6 is 0 Å². The van der Waals surface area contributed by atoms with Crippen LogP contribution in [0.5, 0.6) is 0 Å². The van der Waals surface area contributed by atoms with E-state index in [9.17, 15) is 13.6 Å². The summed E-state index contributed by atoms with van der Waals surface area (Å²) in [5.41, 5.74) is 5.33. The van der Waals surface area contributed by atoms with Crippen molar-refractivity contribution < 1.29 is 13.6 Å². The molecule has 0 aliphatic rings. The molecule has 1 aromatic carbocycles. The van der Waals surface area contributed by atoms with Crippen LogP contribution in [0.4, 0.5) is 8.78 Å². The Hall–Kier alpha value is -1.49. The third kappa shape index (κ3) is 4.49. The summed E-state index contributed by atoms with van der Waals surface area (Å²) in [6.07, 6.45) is 3.07. The maximum absolute atomic E-state index is 13.6. The van der Waals surface area contributed by atoms with Gasteiger partial charge in [0.1, 0.15) is 11.6 Å². The number of nitrogens with two attached hydrogens (primary N) is 1. The van der Waals surface area contributed by atoms with Gasteiger partial charge in [0.2, 0.25) is 5.91 Å². The monoisotopic (exact) mass is 298 g/mol. The van der Waals surface area contributed by atoms with Crippen molar-refractivity contribution in [3.05, 3.63) is 35.4 Å². The third-order valence-corrected chi connectivity index (χ3v) is 3.78. The van der Waals surface area contributed by atoms with Gasteiger partial charge in [-0.25, -0.2) is 8.78 Å². The van der Waals surface area contributed by atoms with E-state index in [1.165, 1.54) is 0 Å². The largest absolute Gasteiger partial charge is 0.351 e. The predicted molar refractivity (Wildman–Crippen MR) is 79.5 cm³/mol. The highest BCUT2D eigenvalue weighted by Crippen LogP contribution is 2.29. The Kier molecular flexibility index (Phi) is 6.75. The fourth-order valence-electron chi connectivity index (χ4n) is 2.65. The zero-order valence-corrected chi connectivity index (χ0v) is 12.7. The molecule has 0 fully saturated rings. The van der Waals surface area contributed by atoms with E-state index in [0.717, 1.165) is 31.0 Å². The second-order valence-corrected chi connectivity index (χ2v) is 5.40. The number of nitrogens with one attached hydrogen (secondary N) is 1. The lowest BCUT2D eigenvalue weighted by Gasteiger charge is -2.30. The summed E-state index contributed by atoms with van der Waals surface area (Å²) in [5, 5.41) is 2.70. The first-order chi connectivity index (χ1) is 9.99. The molecular formula is C16H24F2N2O. The number of halogens is 2. The Morgan fingerprint density at radius 1 is 1.24 bits per heavy atom. The summed E-state index contributed by atoms with van der Waals surface area (Å²) < 4.78 is 26.7. The number of benzene rings is 1. The van der Waals surface area contributed by atoms with Crippen LogP contribution in [0.15, 0.2) is 18.2 Å². The maximum Gasteiger partial charge on any atom is 0.227 e. The molecule has 21 heavy (non-hydrogen) atoms. The SMILES string of the molecule is CCCC(CN)(CCC)C(=O)NCc1cc(F)ccc1F. The second kappa shape index (κ2) is 8.08. The topological polar surface area (TPSA) is 55.1 Å². The minimum Gasteiger partial charge on any atom is -0.351 e. The first-order valence-corrected chi connectivity index (χ1v) is 7.41. The highest BCUT2D eigenvalue weighted by molar-refractivity contribution is 5.82. The molecule has 0 aromatic heterocycles. The number of hydrogen-bond acceptors (Lipinski definition) is 2. The van der Waals surface area contributed by atoms with Gasteiger partial charge in [-0.05, 0) is 31.0 Å². The average molecular weight is 298 g/mol. The van der Waals surface area contributed by atoms with Crippen LogP contribution in [0.1, 0.15) is 45.1 Å². The van der Waals surface area contributed by atoms with E-state index in [1.807, 2.05) is 13.8 Å². The lowest BCUT2D eigenvalue weighted by atomic mass is 9.78. The molecule has 1 rings (SSSR count). The van der Waals surface area contributed by atoms with Crippen LogP contribution in [0, 0.1) is 17.0 Å². The number of hydrogen-bond donors (Lipinski definition) is 2. The summed E-state index contributed by atoms with van der Waals surface area (Å²) in [7, 11) is 0. The highest BCUT2D eigenvalue weighted by Gasteiger charge is 2.35. The van der Waals surface area contributed by atoms with Crippen molar-refractivity contribution in [2.24, 2.45) is 11.1 Å². The van der Waals surface area contributed by atoms with Gasteiger partial charge in [-0.3, -0.25) is 4.79 Å². The molecule has 0 aliphatic carbocycles. The number of amides is 1. The van der Waals surface area contributed by atoms with E-state index < -0.39 is 17.0 Å². The molecule has 1 amide bonds. The fourth-order valence-corrected chi connectivity index (χ4v) is 2.65. The Bertz CT molecular complexity index is 471. The first kappa shape index (κ1) is 17.6. The second-order valence-electron chi connectivity index (χ2n) is 5.40. The van der Waals surface area contributed by atoms with Crippen LogP contribution in [0.2, 0.25) is 0 Å². The van der Waals surface area contributed by atoms with Crippen LogP contribution < -0.4 is 11.1 Å². The van der Waals surface area contributed by atoms with Crippen molar-refractivity contribution in [1.29, 1.82) is 0 Å². The van der Waals surface area contributed by atoms with E-state index >= 15 is 0 Å². The molecule has 0 saturated carbocycles. The van der Waals surface area contributed by atoms with Crippen molar-refractivity contribution in [2.75, 3.05) is 6.54 Å². The Labute approximate surface area is 124 Å². The molecule has 0 heterocycles. The summed E-state index contributed by atoms with van der Waals surface area (Å²) in [6.45, 7) is 4.23. The number of carbonyl (C=O) groups excluding carboxylic acids is 1. The normalized spacial score (nSPS) is 11.5. The van der Waals surface area contributed by atoms with Gasteiger partial charge in [0, 0.05) is 18.7 Å². The van der Waals surface area contributed by atoms with Crippen LogP contribution in [0.25, 0.3) is 0 Å². The molecule has 118 valence electrons. The molecule has 1 aromatic rings. The van der Waals surface area contributed by atoms with E-state index in [1.54, 1.807) is 0 Å². The van der Waals surface area contributed by atoms with Crippen LogP contribution in [-0.2, 0) is 11.3 Å². The molecule has 0 unspecified atom stereocenters. The average Bonchev–Trinajstić information content (AvgIpc) is 2.47. The summed E-state index contributed by atoms with van der Waals surface area (Å²) in [5.74, 6) is -1.23. The standard InChI is InChI=1S/C16H24F2N2O/c1-3-7-16(11-19,8-4-2)15(21)20-10-12-9-13(17)5-6-14(12)18/h5-6,9H,3-4,7-8,10-11,19H2,1-2H3,(H,20,21). The lowest BCUT2D eigenvalue weighted by molar-refractivity contribution is -0.131. The van der Waals surface area contributed by atoms with Gasteiger partial charge in [-0.15, -0.1) is 0 Å². The third-order valence-electron chi connectivity index (χ3n) is 3.78. The van der Waals surface area contributed by atoms with Gasteiger partial charge in [-0.1, -0.05) is 26.7 Å². The number of carbonyl (C=O) groups is 1. The smallest absolute Gasteiger partial charge is 0.227 e. The molecule has 3 N–H and O–H groups in total. The van der Waals surface area contributed by atoms with Gasteiger partial charge in [0.25, 0.3) is 0 Å². The van der Waals surface area contributed by atoms with E-state index in [-0.39, 0.29) is 24.6 Å². The molecule has 0 radical (unpaired) electrons. The van der Waals surface area contributed by atoms with Gasteiger partial charge >= 0.3 is 0 Å². The summed E-state index contributed by atoms with van der Waals surface area (Å²) >= 11 is 0. The van der Waals surface area contributed by atoms with Gasteiger partial charge in [0.15, 0.2) is 0 Å². The van der Waals surface area contributed by atoms with Crippen molar-refractivity contribution in [3.8, 4) is 0 Å². The van der Waals surface area contributed by atoms with Gasteiger partial charge in [-0.2, -0.15) is 0 Å². The number of rotatable bonds is 8. The van der Waals surface area contributed by atoms with E-state index in [0.29, 0.717) is 12.8 Å². The van der Waals surface area contributed by atoms with Crippen LogP contribution in [0.3, 0.4) is 0 Å². The summed E-state index contributed by atoms with van der Waals surface area (Å²) in [6, 6.07) is 3.21. The fraction of sp³-hybridized carbons (Fsp3) is 0.562. The molecule has 0 spiro atoms. The minimum atomic E-state index is -0.618.